The lowest BCUT2D eigenvalue weighted by atomic mass is 10.0. The highest BCUT2D eigenvalue weighted by Gasteiger charge is 2.31. The number of amides is 2. The Morgan fingerprint density at radius 2 is 1.94 bits per heavy atom. The minimum atomic E-state index is -3.78. The molecule has 0 aliphatic carbocycles. The molecule has 2 aliphatic rings. The second kappa shape index (κ2) is 9.30. The Hall–Kier alpha value is -2.91. The van der Waals surface area contributed by atoms with Crippen LogP contribution in [0.25, 0.3) is 0 Å². The molecule has 1 N–H and O–H groups in total. The number of hydrogen-bond acceptors (Lipinski definition) is 5. The summed E-state index contributed by atoms with van der Waals surface area (Å²) in [5, 5.41) is 2.62. The van der Waals surface area contributed by atoms with Crippen LogP contribution in [0.2, 0.25) is 0 Å². The standard InChI is InChI=1S/C23H27N3O5S/c1-31-20-6-2-4-17(15-20)14-19-5-3-12-26(19)23(28)18-7-9-21(10-8-18)32(29,30)25-13-11-24-22(27)16-25/h2,4,6-10,15,19H,3,5,11-14,16H2,1H3,(H,24,27). The summed E-state index contributed by atoms with van der Waals surface area (Å²) in [6.07, 6.45) is 2.60. The van der Waals surface area contributed by atoms with Crippen LogP contribution in [0.1, 0.15) is 28.8 Å². The number of benzene rings is 2. The van der Waals surface area contributed by atoms with Crippen molar-refractivity contribution in [2.75, 3.05) is 33.3 Å². The van der Waals surface area contributed by atoms with E-state index in [9.17, 15) is 18.0 Å². The Morgan fingerprint density at radius 3 is 2.66 bits per heavy atom. The van der Waals surface area contributed by atoms with Crippen LogP contribution in [0.15, 0.2) is 53.4 Å². The Morgan fingerprint density at radius 1 is 1.16 bits per heavy atom. The number of likely N-dealkylation sites (tertiary alicyclic amines) is 1. The van der Waals surface area contributed by atoms with Gasteiger partial charge in [0.2, 0.25) is 15.9 Å². The van der Waals surface area contributed by atoms with Gasteiger partial charge in [0.05, 0.1) is 18.6 Å². The molecule has 1 unspecified atom stereocenters. The van der Waals surface area contributed by atoms with Crippen molar-refractivity contribution in [1.82, 2.24) is 14.5 Å². The first-order chi connectivity index (χ1) is 15.4. The molecule has 2 aliphatic heterocycles. The smallest absolute Gasteiger partial charge is 0.254 e. The average Bonchev–Trinajstić information content (AvgIpc) is 3.27. The summed E-state index contributed by atoms with van der Waals surface area (Å²) in [6.45, 7) is 1.01. The van der Waals surface area contributed by atoms with Crippen molar-refractivity contribution in [1.29, 1.82) is 0 Å². The Labute approximate surface area is 188 Å². The first-order valence-corrected chi connectivity index (χ1v) is 12.1. The van der Waals surface area contributed by atoms with Gasteiger partial charge in [0, 0.05) is 31.2 Å². The van der Waals surface area contributed by atoms with E-state index in [2.05, 4.69) is 5.32 Å². The Bertz CT molecular complexity index is 1100. The number of nitrogens with zero attached hydrogens (tertiary/aromatic N) is 2. The molecule has 0 spiro atoms. The van der Waals surface area contributed by atoms with Crippen LogP contribution in [0, 0.1) is 0 Å². The fourth-order valence-electron chi connectivity index (χ4n) is 4.29. The van der Waals surface area contributed by atoms with Crippen LogP contribution in [-0.4, -0.2) is 68.8 Å². The number of rotatable bonds is 6. The first-order valence-electron chi connectivity index (χ1n) is 10.7. The van der Waals surface area contributed by atoms with Gasteiger partial charge in [-0.05, 0) is 61.2 Å². The fourth-order valence-corrected chi connectivity index (χ4v) is 5.69. The third-order valence-corrected chi connectivity index (χ3v) is 7.85. The SMILES string of the molecule is COc1cccc(CC2CCCN2C(=O)c2ccc(S(=O)(=O)N3CCNC(=O)C3)cc2)c1. The Kier molecular flexibility index (Phi) is 6.48. The van der Waals surface area contributed by atoms with Crippen LogP contribution in [-0.2, 0) is 21.2 Å². The molecule has 2 heterocycles. The molecule has 2 saturated heterocycles. The van der Waals surface area contributed by atoms with Gasteiger partial charge < -0.3 is 15.0 Å². The third-order valence-electron chi connectivity index (χ3n) is 5.99. The van der Waals surface area contributed by atoms with Gasteiger partial charge in [-0.2, -0.15) is 4.31 Å². The van der Waals surface area contributed by atoms with Crippen LogP contribution in [0.5, 0.6) is 5.75 Å². The van der Waals surface area contributed by atoms with Crippen molar-refractivity contribution < 1.29 is 22.7 Å². The molecule has 0 radical (unpaired) electrons. The van der Waals surface area contributed by atoms with Crippen LogP contribution in [0.4, 0.5) is 0 Å². The number of methoxy groups -OCH3 is 1. The second-order valence-electron chi connectivity index (χ2n) is 8.06. The average molecular weight is 458 g/mol. The summed E-state index contributed by atoms with van der Waals surface area (Å²) in [4.78, 5) is 26.7. The number of nitrogens with one attached hydrogen (secondary N) is 1. The minimum absolute atomic E-state index is 0.0816. The van der Waals surface area contributed by atoms with Gasteiger partial charge in [0.1, 0.15) is 5.75 Å². The van der Waals surface area contributed by atoms with E-state index in [1.54, 1.807) is 19.2 Å². The number of ether oxygens (including phenoxy) is 1. The summed E-state index contributed by atoms with van der Waals surface area (Å²) in [5.41, 5.74) is 1.57. The summed E-state index contributed by atoms with van der Waals surface area (Å²) >= 11 is 0. The highest BCUT2D eigenvalue weighted by molar-refractivity contribution is 7.89. The molecule has 0 bridgehead atoms. The quantitative estimate of drug-likeness (QED) is 0.712. The number of carbonyl (C=O) groups is 2. The van der Waals surface area contributed by atoms with Crippen molar-refractivity contribution in [2.24, 2.45) is 0 Å². The predicted molar refractivity (Wildman–Crippen MR) is 119 cm³/mol. The van der Waals surface area contributed by atoms with Crippen molar-refractivity contribution >= 4 is 21.8 Å². The maximum Gasteiger partial charge on any atom is 0.254 e. The van der Waals surface area contributed by atoms with Gasteiger partial charge in [0.25, 0.3) is 5.91 Å². The lowest BCUT2D eigenvalue weighted by Crippen LogP contribution is -2.49. The summed E-state index contributed by atoms with van der Waals surface area (Å²) in [5.74, 6) is 0.376. The highest BCUT2D eigenvalue weighted by atomic mass is 32.2. The first kappa shape index (κ1) is 22.3. The van der Waals surface area contributed by atoms with Gasteiger partial charge in [-0.25, -0.2) is 8.42 Å². The van der Waals surface area contributed by atoms with E-state index in [0.717, 1.165) is 34.9 Å². The topological polar surface area (TPSA) is 96.0 Å². The number of carbonyl (C=O) groups excluding carboxylic acids is 2. The third kappa shape index (κ3) is 4.63. The zero-order chi connectivity index (χ0) is 22.7. The molecule has 170 valence electrons. The predicted octanol–water partition coefficient (Wildman–Crippen LogP) is 1.66. The molecule has 2 aromatic carbocycles. The molecular formula is C23H27N3O5S. The van der Waals surface area contributed by atoms with Crippen LogP contribution < -0.4 is 10.1 Å². The van der Waals surface area contributed by atoms with Crippen molar-refractivity contribution in [3.05, 3.63) is 59.7 Å². The molecule has 0 aromatic heterocycles. The van der Waals surface area contributed by atoms with Gasteiger partial charge in [-0.3, -0.25) is 9.59 Å². The second-order valence-corrected chi connectivity index (χ2v) is 10.0. The van der Waals surface area contributed by atoms with E-state index in [-0.39, 0.29) is 42.4 Å². The lowest BCUT2D eigenvalue weighted by molar-refractivity contribution is -0.122. The van der Waals surface area contributed by atoms with Crippen molar-refractivity contribution in [3.63, 3.8) is 0 Å². The molecule has 2 amide bonds. The number of sulfonamides is 1. The summed E-state index contributed by atoms with van der Waals surface area (Å²) in [7, 11) is -2.15. The molecule has 4 rings (SSSR count). The Balaban J connectivity index is 1.47. The molecular weight excluding hydrogens is 430 g/mol. The number of hydrogen-bond donors (Lipinski definition) is 1. The van der Waals surface area contributed by atoms with E-state index in [4.69, 9.17) is 4.74 Å². The van der Waals surface area contributed by atoms with Crippen LogP contribution in [0.3, 0.4) is 0 Å². The fraction of sp³-hybridized carbons (Fsp3) is 0.391. The minimum Gasteiger partial charge on any atom is -0.497 e. The summed E-state index contributed by atoms with van der Waals surface area (Å²) in [6, 6.07) is 14.0. The molecule has 2 fully saturated rings. The zero-order valence-corrected chi connectivity index (χ0v) is 18.8. The van der Waals surface area contributed by atoms with Gasteiger partial charge in [0.15, 0.2) is 0 Å². The number of piperazine rings is 1. The molecule has 32 heavy (non-hydrogen) atoms. The van der Waals surface area contributed by atoms with Crippen LogP contribution >= 0.6 is 0 Å². The highest BCUT2D eigenvalue weighted by Crippen LogP contribution is 2.25. The maximum absolute atomic E-state index is 13.2. The molecule has 2 aromatic rings. The van der Waals surface area contributed by atoms with Gasteiger partial charge >= 0.3 is 0 Å². The van der Waals surface area contributed by atoms with Gasteiger partial charge in [-0.15, -0.1) is 0 Å². The largest absolute Gasteiger partial charge is 0.497 e. The van der Waals surface area contributed by atoms with Gasteiger partial charge in [-0.1, -0.05) is 12.1 Å². The van der Waals surface area contributed by atoms with E-state index >= 15 is 0 Å². The van der Waals surface area contributed by atoms with E-state index in [1.807, 2.05) is 29.2 Å². The zero-order valence-electron chi connectivity index (χ0n) is 18.0. The van der Waals surface area contributed by atoms with Crippen molar-refractivity contribution in [2.45, 2.75) is 30.2 Å². The monoisotopic (exact) mass is 457 g/mol. The normalized spacial score (nSPS) is 19.6. The molecule has 0 saturated carbocycles. The lowest BCUT2D eigenvalue weighted by Gasteiger charge is -2.26. The van der Waals surface area contributed by atoms with E-state index in [0.29, 0.717) is 12.1 Å². The molecule has 8 nitrogen and oxygen atoms in total. The maximum atomic E-state index is 13.2. The summed E-state index contributed by atoms with van der Waals surface area (Å²) < 4.78 is 32.1. The molecule has 9 heteroatoms. The molecule has 1 atom stereocenters. The van der Waals surface area contributed by atoms with E-state index in [1.165, 1.54) is 12.1 Å². The van der Waals surface area contributed by atoms with Crippen molar-refractivity contribution in [3.8, 4) is 5.75 Å². The van der Waals surface area contributed by atoms with E-state index < -0.39 is 10.0 Å².